The fourth-order valence-corrected chi connectivity index (χ4v) is 3.85. The van der Waals surface area contributed by atoms with Crippen LogP contribution in [0, 0.1) is 5.82 Å². The number of hydrogen-bond donors (Lipinski definition) is 2. The summed E-state index contributed by atoms with van der Waals surface area (Å²) in [6, 6.07) is 0. The molecule has 2 saturated heterocycles. The minimum Gasteiger partial charge on any atom is -0.394 e. The average Bonchev–Trinajstić information content (AvgIpc) is 3.07. The monoisotopic (exact) mass is 342 g/mol. The number of aliphatic hydroxyl groups is 1. The predicted octanol–water partition coefficient (Wildman–Crippen LogP) is 0.00980. The highest BCUT2D eigenvalue weighted by atomic mass is 19.1. The van der Waals surface area contributed by atoms with Gasteiger partial charge in [-0.15, -0.1) is 0 Å². The molecule has 0 unspecified atom stereocenters. The van der Waals surface area contributed by atoms with Crippen molar-refractivity contribution < 1.29 is 23.7 Å². The second kappa shape index (κ2) is 5.76. The molecule has 2 aliphatic heterocycles. The fourth-order valence-electron chi connectivity index (χ4n) is 3.85. The lowest BCUT2D eigenvalue weighted by Gasteiger charge is -2.34. The van der Waals surface area contributed by atoms with Gasteiger partial charge in [-0.2, -0.15) is 4.39 Å². The van der Waals surface area contributed by atoms with Crippen LogP contribution in [-0.2, 0) is 14.2 Å². The van der Waals surface area contributed by atoms with Crippen LogP contribution in [0.5, 0.6) is 0 Å². The molecule has 1 saturated carbocycles. The van der Waals surface area contributed by atoms with Crippen molar-refractivity contribution in [3.8, 4) is 0 Å². The Morgan fingerprint density at radius 3 is 2.67 bits per heavy atom. The number of hydrogen-bond acceptors (Lipinski definition) is 6. The number of nitrogens with zero attached hydrogens (tertiary/aromatic N) is 1. The molecule has 2 N–H and O–H groups in total. The van der Waals surface area contributed by atoms with Crippen molar-refractivity contribution >= 4 is 0 Å². The third kappa shape index (κ3) is 2.43. The summed E-state index contributed by atoms with van der Waals surface area (Å²) < 4.78 is 32.4. The van der Waals surface area contributed by atoms with Crippen LogP contribution < -0.4 is 11.2 Å². The second-order valence-electron chi connectivity index (χ2n) is 6.53. The van der Waals surface area contributed by atoms with Crippen molar-refractivity contribution in [2.24, 2.45) is 0 Å². The maximum absolute atomic E-state index is 13.6. The number of aliphatic hydroxyl groups excluding tert-OH is 1. The third-order valence-electron chi connectivity index (χ3n) is 4.98. The molecule has 1 spiro atoms. The van der Waals surface area contributed by atoms with Crippen LogP contribution in [0.25, 0.3) is 0 Å². The van der Waals surface area contributed by atoms with Gasteiger partial charge in [-0.25, -0.2) is 4.79 Å². The lowest BCUT2D eigenvalue weighted by molar-refractivity contribution is -0.233. The molecule has 9 heteroatoms. The first-order chi connectivity index (χ1) is 11.5. The predicted molar refractivity (Wildman–Crippen MR) is 77.8 cm³/mol. The van der Waals surface area contributed by atoms with Crippen molar-refractivity contribution in [2.75, 3.05) is 6.61 Å². The van der Waals surface area contributed by atoms with E-state index in [0.717, 1.165) is 42.9 Å². The molecule has 0 amide bonds. The van der Waals surface area contributed by atoms with Crippen molar-refractivity contribution in [3.63, 3.8) is 0 Å². The fraction of sp³-hybridized carbons (Fsp3) is 0.733. The number of aromatic amines is 1. The van der Waals surface area contributed by atoms with Gasteiger partial charge in [-0.05, 0) is 12.8 Å². The van der Waals surface area contributed by atoms with Crippen LogP contribution in [0.4, 0.5) is 4.39 Å². The number of aromatic nitrogens is 2. The van der Waals surface area contributed by atoms with Crippen molar-refractivity contribution in [2.45, 2.75) is 62.4 Å². The molecule has 1 aromatic heterocycles. The number of halogens is 1. The van der Waals surface area contributed by atoms with Gasteiger partial charge in [0.1, 0.15) is 18.3 Å². The molecule has 24 heavy (non-hydrogen) atoms. The summed E-state index contributed by atoms with van der Waals surface area (Å²) in [4.78, 5) is 25.2. The van der Waals surface area contributed by atoms with Gasteiger partial charge in [0.15, 0.2) is 12.0 Å². The summed E-state index contributed by atoms with van der Waals surface area (Å²) in [5, 5.41) is 9.55. The van der Waals surface area contributed by atoms with Crippen LogP contribution in [0.1, 0.15) is 38.3 Å². The number of fused-ring (bicyclic) bond motifs is 1. The molecule has 4 rings (SSSR count). The van der Waals surface area contributed by atoms with Gasteiger partial charge >= 0.3 is 5.69 Å². The van der Waals surface area contributed by atoms with Crippen LogP contribution in [0.3, 0.4) is 0 Å². The van der Waals surface area contributed by atoms with Gasteiger partial charge in [0.2, 0.25) is 5.82 Å². The molecule has 1 aliphatic carbocycles. The number of rotatable bonds is 2. The molecule has 132 valence electrons. The van der Waals surface area contributed by atoms with Crippen LogP contribution in [0.15, 0.2) is 15.8 Å². The van der Waals surface area contributed by atoms with Gasteiger partial charge in [0.05, 0.1) is 12.8 Å². The molecule has 4 atom stereocenters. The van der Waals surface area contributed by atoms with Gasteiger partial charge < -0.3 is 19.3 Å². The minimum atomic E-state index is -1.09. The second-order valence-corrected chi connectivity index (χ2v) is 6.53. The largest absolute Gasteiger partial charge is 0.394 e. The van der Waals surface area contributed by atoms with E-state index in [-0.39, 0.29) is 6.61 Å². The van der Waals surface area contributed by atoms with Crippen LogP contribution in [-0.4, -0.2) is 45.4 Å². The molecule has 0 bridgehead atoms. The van der Waals surface area contributed by atoms with E-state index in [1.807, 2.05) is 4.98 Å². The first-order valence-electron chi connectivity index (χ1n) is 8.16. The first-order valence-corrected chi connectivity index (χ1v) is 8.16. The molecule has 0 radical (unpaired) electrons. The Labute approximate surface area is 136 Å². The zero-order valence-corrected chi connectivity index (χ0v) is 12.9. The SMILES string of the molecule is O=c1[nH]c(=O)n([C@@H]2O[C@H](CO)[C@H]3OC4(CCCCC4)O[C@H]32)cc1F. The zero-order chi connectivity index (χ0) is 16.9. The van der Waals surface area contributed by atoms with E-state index < -0.39 is 47.4 Å². The summed E-state index contributed by atoms with van der Waals surface area (Å²) in [7, 11) is 0. The van der Waals surface area contributed by atoms with Crippen molar-refractivity contribution in [1.82, 2.24) is 9.55 Å². The van der Waals surface area contributed by atoms with E-state index in [2.05, 4.69) is 0 Å². The van der Waals surface area contributed by atoms with Gasteiger partial charge in [0.25, 0.3) is 5.56 Å². The lowest BCUT2D eigenvalue weighted by atomic mass is 9.94. The molecule has 3 fully saturated rings. The first kappa shape index (κ1) is 15.9. The van der Waals surface area contributed by atoms with E-state index in [4.69, 9.17) is 14.2 Å². The number of nitrogens with one attached hydrogen (secondary N) is 1. The Hall–Kier alpha value is -1.55. The molecule has 3 aliphatic rings. The molecule has 0 aromatic carbocycles. The van der Waals surface area contributed by atoms with Crippen LogP contribution in [0.2, 0.25) is 0 Å². The minimum absolute atomic E-state index is 0.308. The summed E-state index contributed by atoms with van der Waals surface area (Å²) in [6.45, 7) is -0.308. The summed E-state index contributed by atoms with van der Waals surface area (Å²) in [5.41, 5.74) is -1.88. The Morgan fingerprint density at radius 2 is 1.96 bits per heavy atom. The highest BCUT2D eigenvalue weighted by Gasteiger charge is 2.58. The van der Waals surface area contributed by atoms with E-state index >= 15 is 0 Å². The van der Waals surface area contributed by atoms with Crippen molar-refractivity contribution in [3.05, 3.63) is 32.9 Å². The maximum Gasteiger partial charge on any atom is 0.330 e. The summed E-state index contributed by atoms with van der Waals surface area (Å²) in [5.74, 6) is -1.82. The van der Waals surface area contributed by atoms with Crippen LogP contribution >= 0.6 is 0 Å². The number of H-pyrrole nitrogens is 1. The highest BCUT2D eigenvalue weighted by Crippen LogP contribution is 2.48. The van der Waals surface area contributed by atoms with Gasteiger partial charge in [-0.1, -0.05) is 6.42 Å². The summed E-state index contributed by atoms with van der Waals surface area (Å²) >= 11 is 0. The molecule has 3 heterocycles. The quantitative estimate of drug-likeness (QED) is 0.785. The zero-order valence-electron chi connectivity index (χ0n) is 12.9. The standard InChI is InChI=1S/C15H19FN2O6/c16-8-6-18(14(21)17-12(8)20)13-11-10(9(7-19)22-13)23-15(24-11)4-2-1-3-5-15/h6,9-11,13,19H,1-5,7H2,(H,17,20,21)/t9-,10-,11-,13-/m1/s1. The number of ether oxygens (including phenoxy) is 3. The Bertz CT molecular complexity index is 740. The third-order valence-corrected chi connectivity index (χ3v) is 4.98. The molecular formula is C15H19FN2O6. The molecular weight excluding hydrogens is 323 g/mol. The topological polar surface area (TPSA) is 103 Å². The Morgan fingerprint density at radius 1 is 1.25 bits per heavy atom. The highest BCUT2D eigenvalue weighted by molar-refractivity contribution is 5.01. The van der Waals surface area contributed by atoms with Crippen molar-refractivity contribution in [1.29, 1.82) is 0 Å². The maximum atomic E-state index is 13.6. The summed E-state index contributed by atoms with van der Waals surface area (Å²) in [6.07, 6.45) is 2.50. The normalized spacial score (nSPS) is 34.6. The van der Waals surface area contributed by atoms with E-state index in [0.29, 0.717) is 0 Å². The van der Waals surface area contributed by atoms with Gasteiger partial charge in [0, 0.05) is 12.8 Å². The Kier molecular flexibility index (Phi) is 3.83. The smallest absolute Gasteiger partial charge is 0.330 e. The van der Waals surface area contributed by atoms with E-state index in [9.17, 15) is 19.1 Å². The van der Waals surface area contributed by atoms with Gasteiger partial charge in [-0.3, -0.25) is 14.3 Å². The Balaban J connectivity index is 1.69. The van der Waals surface area contributed by atoms with E-state index in [1.165, 1.54) is 0 Å². The molecule has 1 aromatic rings. The van der Waals surface area contributed by atoms with E-state index in [1.54, 1.807) is 0 Å². The molecule has 8 nitrogen and oxygen atoms in total. The average molecular weight is 342 g/mol. The lowest BCUT2D eigenvalue weighted by Crippen LogP contribution is -2.40.